The van der Waals surface area contributed by atoms with Crippen molar-refractivity contribution < 1.29 is 9.84 Å². The van der Waals surface area contributed by atoms with Crippen LogP contribution in [0.1, 0.15) is 17.2 Å². The van der Waals surface area contributed by atoms with Crippen LogP contribution in [-0.4, -0.2) is 17.2 Å². The van der Waals surface area contributed by atoms with Crippen molar-refractivity contribution in [3.63, 3.8) is 0 Å². The third-order valence-electron chi connectivity index (χ3n) is 2.75. The van der Waals surface area contributed by atoms with Crippen LogP contribution in [0.25, 0.3) is 0 Å². The molecule has 0 spiro atoms. The van der Waals surface area contributed by atoms with Gasteiger partial charge < -0.3 is 9.84 Å². The molecule has 0 saturated heterocycles. The van der Waals surface area contributed by atoms with Gasteiger partial charge in [-0.15, -0.1) is 0 Å². The highest BCUT2D eigenvalue weighted by atomic mass is 79.9. The van der Waals surface area contributed by atoms with Gasteiger partial charge >= 0.3 is 0 Å². The van der Waals surface area contributed by atoms with Crippen LogP contribution in [0.2, 0.25) is 5.02 Å². The van der Waals surface area contributed by atoms with E-state index in [-0.39, 0.29) is 0 Å². The van der Waals surface area contributed by atoms with E-state index in [4.69, 9.17) is 16.3 Å². The minimum Gasteiger partial charge on any atom is -0.496 e. The summed E-state index contributed by atoms with van der Waals surface area (Å²) in [4.78, 5) is 4.08. The van der Waals surface area contributed by atoms with Gasteiger partial charge in [-0.2, -0.15) is 0 Å². The molecule has 0 saturated carbocycles. The molecule has 19 heavy (non-hydrogen) atoms. The Morgan fingerprint density at radius 1 is 1.37 bits per heavy atom. The molecule has 5 heteroatoms. The Balaban J connectivity index is 2.22. The minimum atomic E-state index is -0.664. The fourth-order valence-corrected chi connectivity index (χ4v) is 2.44. The van der Waals surface area contributed by atoms with E-state index in [1.165, 1.54) is 0 Å². The molecule has 0 aliphatic rings. The van der Waals surface area contributed by atoms with Crippen LogP contribution in [0.3, 0.4) is 0 Å². The summed E-state index contributed by atoms with van der Waals surface area (Å²) in [5.74, 6) is 0.586. The summed E-state index contributed by atoms with van der Waals surface area (Å²) in [6, 6.07) is 7.14. The van der Waals surface area contributed by atoms with Crippen LogP contribution in [0.5, 0.6) is 5.75 Å². The van der Waals surface area contributed by atoms with E-state index in [1.807, 2.05) is 6.07 Å². The van der Waals surface area contributed by atoms with Crippen molar-refractivity contribution >= 4 is 27.5 Å². The molecule has 2 aromatic rings. The first-order valence-electron chi connectivity index (χ1n) is 5.71. The first-order valence-corrected chi connectivity index (χ1v) is 6.88. The normalized spacial score (nSPS) is 12.2. The molecular weight excluding hydrogens is 330 g/mol. The number of methoxy groups -OCH3 is 1. The molecule has 1 aromatic heterocycles. The van der Waals surface area contributed by atoms with E-state index in [0.29, 0.717) is 22.8 Å². The van der Waals surface area contributed by atoms with Gasteiger partial charge in [0.2, 0.25) is 0 Å². The van der Waals surface area contributed by atoms with Gasteiger partial charge in [0.05, 0.1) is 13.2 Å². The van der Waals surface area contributed by atoms with Gasteiger partial charge in [-0.1, -0.05) is 17.7 Å². The zero-order chi connectivity index (χ0) is 13.8. The predicted octanol–water partition coefficient (Wildman–Crippen LogP) is 3.78. The van der Waals surface area contributed by atoms with E-state index in [2.05, 4.69) is 20.9 Å². The molecule has 0 aliphatic carbocycles. The van der Waals surface area contributed by atoms with Crippen LogP contribution in [0, 0.1) is 0 Å². The molecular formula is C14H13BrClNO2. The SMILES string of the molecule is COc1cc(Cl)ccc1C(O)Cc1cncc(Br)c1. The largest absolute Gasteiger partial charge is 0.496 e. The highest BCUT2D eigenvalue weighted by Gasteiger charge is 2.14. The molecule has 1 aromatic carbocycles. The van der Waals surface area contributed by atoms with E-state index >= 15 is 0 Å². The molecule has 1 heterocycles. The zero-order valence-corrected chi connectivity index (χ0v) is 12.6. The lowest BCUT2D eigenvalue weighted by atomic mass is 10.0. The molecule has 0 radical (unpaired) electrons. The number of rotatable bonds is 4. The average Bonchev–Trinajstić information content (AvgIpc) is 2.38. The summed E-state index contributed by atoms with van der Waals surface area (Å²) in [7, 11) is 1.56. The number of ether oxygens (including phenoxy) is 1. The Morgan fingerprint density at radius 3 is 2.84 bits per heavy atom. The first-order chi connectivity index (χ1) is 9.10. The van der Waals surface area contributed by atoms with Gasteiger partial charge in [0.15, 0.2) is 0 Å². The van der Waals surface area contributed by atoms with E-state index < -0.39 is 6.10 Å². The minimum absolute atomic E-state index is 0.463. The third-order valence-corrected chi connectivity index (χ3v) is 3.41. The quantitative estimate of drug-likeness (QED) is 0.919. The number of benzene rings is 1. The van der Waals surface area contributed by atoms with Gasteiger partial charge in [0.25, 0.3) is 0 Å². The molecule has 0 aliphatic heterocycles. The van der Waals surface area contributed by atoms with E-state index in [1.54, 1.807) is 37.7 Å². The molecule has 1 unspecified atom stereocenters. The Labute approximate surface area is 125 Å². The van der Waals surface area contributed by atoms with Gasteiger partial charge in [-0.25, -0.2) is 0 Å². The van der Waals surface area contributed by atoms with Crippen LogP contribution in [0.15, 0.2) is 41.1 Å². The molecule has 2 rings (SSSR count). The Hall–Kier alpha value is -1.10. The number of hydrogen-bond acceptors (Lipinski definition) is 3. The summed E-state index contributed by atoms with van der Waals surface area (Å²) in [6.45, 7) is 0. The standard InChI is InChI=1S/C14H13BrClNO2/c1-19-14-6-11(16)2-3-12(14)13(18)5-9-4-10(15)8-17-7-9/h2-4,6-8,13,18H,5H2,1H3. The summed E-state index contributed by atoms with van der Waals surface area (Å²) < 4.78 is 6.13. The maximum absolute atomic E-state index is 10.3. The topological polar surface area (TPSA) is 42.4 Å². The maximum Gasteiger partial charge on any atom is 0.126 e. The second kappa shape index (κ2) is 6.37. The van der Waals surface area contributed by atoms with E-state index in [9.17, 15) is 5.11 Å². The summed E-state index contributed by atoms with van der Waals surface area (Å²) in [5.41, 5.74) is 1.66. The van der Waals surface area contributed by atoms with Crippen molar-refractivity contribution in [2.45, 2.75) is 12.5 Å². The fraction of sp³-hybridized carbons (Fsp3) is 0.214. The summed E-state index contributed by atoms with van der Waals surface area (Å²) in [5, 5.41) is 10.9. The number of nitrogens with zero attached hydrogens (tertiary/aromatic N) is 1. The van der Waals surface area contributed by atoms with Crippen molar-refractivity contribution in [2.24, 2.45) is 0 Å². The first kappa shape index (κ1) is 14.3. The third kappa shape index (κ3) is 3.69. The summed E-state index contributed by atoms with van der Waals surface area (Å²) >= 11 is 9.26. The molecule has 3 nitrogen and oxygen atoms in total. The second-order valence-electron chi connectivity index (χ2n) is 4.12. The monoisotopic (exact) mass is 341 g/mol. The van der Waals surface area contributed by atoms with Crippen LogP contribution in [0.4, 0.5) is 0 Å². The fourth-order valence-electron chi connectivity index (χ4n) is 1.86. The number of aliphatic hydroxyl groups excluding tert-OH is 1. The van der Waals surface area contributed by atoms with Crippen molar-refractivity contribution in [3.05, 3.63) is 57.3 Å². The molecule has 1 atom stereocenters. The Bertz CT molecular complexity index is 577. The lowest BCUT2D eigenvalue weighted by Gasteiger charge is -2.15. The lowest BCUT2D eigenvalue weighted by Crippen LogP contribution is -2.04. The number of pyridine rings is 1. The van der Waals surface area contributed by atoms with Crippen molar-refractivity contribution in [1.29, 1.82) is 0 Å². The molecule has 0 bridgehead atoms. The van der Waals surface area contributed by atoms with Gasteiger partial charge in [-0.3, -0.25) is 4.98 Å². The molecule has 1 N–H and O–H groups in total. The smallest absolute Gasteiger partial charge is 0.126 e. The molecule has 100 valence electrons. The number of aromatic nitrogens is 1. The van der Waals surface area contributed by atoms with Crippen molar-refractivity contribution in [2.75, 3.05) is 7.11 Å². The predicted molar refractivity (Wildman–Crippen MR) is 78.6 cm³/mol. The van der Waals surface area contributed by atoms with Gasteiger partial charge in [0.1, 0.15) is 5.75 Å². The molecule has 0 fully saturated rings. The van der Waals surface area contributed by atoms with Crippen molar-refractivity contribution in [3.8, 4) is 5.75 Å². The van der Waals surface area contributed by atoms with E-state index in [0.717, 1.165) is 10.0 Å². The van der Waals surface area contributed by atoms with Crippen LogP contribution >= 0.6 is 27.5 Å². The zero-order valence-electron chi connectivity index (χ0n) is 10.3. The Kier molecular flexibility index (Phi) is 4.80. The Morgan fingerprint density at radius 2 is 2.16 bits per heavy atom. The highest BCUT2D eigenvalue weighted by Crippen LogP contribution is 2.30. The number of aliphatic hydroxyl groups is 1. The van der Waals surface area contributed by atoms with Gasteiger partial charge in [0, 0.05) is 33.9 Å². The maximum atomic E-state index is 10.3. The van der Waals surface area contributed by atoms with Crippen LogP contribution in [-0.2, 0) is 6.42 Å². The second-order valence-corrected chi connectivity index (χ2v) is 5.47. The number of hydrogen-bond donors (Lipinski definition) is 1. The lowest BCUT2D eigenvalue weighted by molar-refractivity contribution is 0.174. The van der Waals surface area contributed by atoms with Crippen molar-refractivity contribution in [1.82, 2.24) is 4.98 Å². The number of halogens is 2. The highest BCUT2D eigenvalue weighted by molar-refractivity contribution is 9.10. The summed E-state index contributed by atoms with van der Waals surface area (Å²) in [6.07, 6.45) is 3.24. The van der Waals surface area contributed by atoms with Gasteiger partial charge in [-0.05, 0) is 39.7 Å². The average molecular weight is 343 g/mol. The van der Waals surface area contributed by atoms with Crippen LogP contribution < -0.4 is 4.74 Å². The molecule has 0 amide bonds.